The van der Waals surface area contributed by atoms with Crippen LogP contribution in [0.1, 0.15) is 61.8 Å². The summed E-state index contributed by atoms with van der Waals surface area (Å²) in [5.74, 6) is 0.968. The summed E-state index contributed by atoms with van der Waals surface area (Å²) in [6.07, 6.45) is 2.41. The number of aromatic nitrogens is 3. The van der Waals surface area contributed by atoms with Crippen LogP contribution in [0.2, 0.25) is 0 Å². The molecule has 6 heteroatoms. The number of aryl methyl sites for hydroxylation is 3. The summed E-state index contributed by atoms with van der Waals surface area (Å²) in [4.78, 5) is 12.5. The molecule has 1 aromatic heterocycles. The van der Waals surface area contributed by atoms with E-state index in [1.807, 2.05) is 26.1 Å². The molecule has 2 aromatic carbocycles. The van der Waals surface area contributed by atoms with E-state index in [4.69, 9.17) is 9.47 Å². The summed E-state index contributed by atoms with van der Waals surface area (Å²) >= 11 is 0. The third-order valence-electron chi connectivity index (χ3n) is 5.75. The first-order chi connectivity index (χ1) is 14.8. The number of benzene rings is 2. The fourth-order valence-corrected chi connectivity index (χ4v) is 3.97. The second kappa shape index (κ2) is 9.94. The van der Waals surface area contributed by atoms with Gasteiger partial charge in [-0.15, -0.1) is 5.10 Å². The maximum absolute atomic E-state index is 12.5. The molecular formula is C25H33N3O3. The largest absolute Gasteiger partial charge is 0.494 e. The number of rotatable bonds is 9. The van der Waals surface area contributed by atoms with Gasteiger partial charge in [0.15, 0.2) is 0 Å². The van der Waals surface area contributed by atoms with Crippen molar-refractivity contribution in [3.63, 3.8) is 0 Å². The van der Waals surface area contributed by atoms with E-state index in [1.54, 1.807) is 11.8 Å². The highest BCUT2D eigenvalue weighted by molar-refractivity contribution is 5.83. The van der Waals surface area contributed by atoms with E-state index < -0.39 is 0 Å². The Kier molecular flexibility index (Phi) is 7.31. The second-order valence-corrected chi connectivity index (χ2v) is 8.48. The van der Waals surface area contributed by atoms with Crippen LogP contribution in [0, 0.1) is 12.8 Å². The number of hydrogen-bond acceptors (Lipinski definition) is 5. The van der Waals surface area contributed by atoms with E-state index in [1.165, 1.54) is 11.1 Å². The molecule has 1 unspecified atom stereocenters. The average Bonchev–Trinajstić information content (AvgIpc) is 3.12. The van der Waals surface area contributed by atoms with Crippen LogP contribution in [0.5, 0.6) is 5.75 Å². The topological polar surface area (TPSA) is 66.2 Å². The smallest absolute Gasteiger partial charge is 0.306 e. The first-order valence-corrected chi connectivity index (χ1v) is 11.0. The number of carbonyl (C=O) groups is 1. The molecule has 0 aliphatic carbocycles. The minimum Gasteiger partial charge on any atom is -0.494 e. The lowest BCUT2D eigenvalue weighted by molar-refractivity contribution is -0.143. The highest BCUT2D eigenvalue weighted by Crippen LogP contribution is 2.35. The summed E-state index contributed by atoms with van der Waals surface area (Å²) < 4.78 is 12.6. The van der Waals surface area contributed by atoms with Gasteiger partial charge in [0.1, 0.15) is 16.8 Å². The molecule has 31 heavy (non-hydrogen) atoms. The Bertz CT molecular complexity index is 1060. The van der Waals surface area contributed by atoms with Gasteiger partial charge in [-0.3, -0.25) is 4.79 Å². The Morgan fingerprint density at radius 3 is 2.61 bits per heavy atom. The Morgan fingerprint density at radius 2 is 1.94 bits per heavy atom. The zero-order valence-electron chi connectivity index (χ0n) is 19.4. The van der Waals surface area contributed by atoms with Crippen LogP contribution in [-0.4, -0.2) is 34.7 Å². The van der Waals surface area contributed by atoms with Crippen molar-refractivity contribution < 1.29 is 14.3 Å². The quantitative estimate of drug-likeness (QED) is 0.455. The van der Waals surface area contributed by atoms with Crippen LogP contribution in [0.3, 0.4) is 0 Å². The van der Waals surface area contributed by atoms with Crippen molar-refractivity contribution in [1.82, 2.24) is 15.0 Å². The molecule has 0 aliphatic heterocycles. The fourth-order valence-electron chi connectivity index (χ4n) is 3.97. The summed E-state index contributed by atoms with van der Waals surface area (Å²) in [5.41, 5.74) is 6.26. The van der Waals surface area contributed by atoms with Crippen LogP contribution in [-0.2, 0) is 23.0 Å². The van der Waals surface area contributed by atoms with E-state index >= 15 is 0 Å². The van der Waals surface area contributed by atoms with Gasteiger partial charge in [-0.05, 0) is 67.0 Å². The predicted octanol–water partition coefficient (Wildman–Crippen LogP) is 4.96. The maximum atomic E-state index is 12.5. The van der Waals surface area contributed by atoms with Gasteiger partial charge < -0.3 is 9.47 Å². The SMILES string of the molecule is CCOC(=O)CC(c1ccc(C)c(CCC(C)C)c1)c1cc(OC)c2c(c1)nnn2C. The normalized spacial score (nSPS) is 12.4. The van der Waals surface area contributed by atoms with Crippen molar-refractivity contribution in [2.45, 2.75) is 52.9 Å². The van der Waals surface area contributed by atoms with Crippen LogP contribution < -0.4 is 4.74 Å². The molecular weight excluding hydrogens is 390 g/mol. The van der Waals surface area contributed by atoms with E-state index in [9.17, 15) is 4.79 Å². The minimum atomic E-state index is -0.213. The molecule has 0 amide bonds. The Morgan fingerprint density at radius 1 is 1.16 bits per heavy atom. The molecule has 3 aromatic rings. The fraction of sp³-hybridized carbons (Fsp3) is 0.480. The van der Waals surface area contributed by atoms with E-state index in [0.29, 0.717) is 18.3 Å². The van der Waals surface area contributed by atoms with Crippen LogP contribution in [0.4, 0.5) is 0 Å². The van der Waals surface area contributed by atoms with Crippen LogP contribution in [0.15, 0.2) is 30.3 Å². The number of ether oxygens (including phenoxy) is 2. The molecule has 166 valence electrons. The molecule has 0 spiro atoms. The number of nitrogens with zero attached hydrogens (tertiary/aromatic N) is 3. The van der Waals surface area contributed by atoms with Gasteiger partial charge in [0.05, 0.1) is 20.1 Å². The van der Waals surface area contributed by atoms with E-state index in [2.05, 4.69) is 49.3 Å². The molecule has 1 heterocycles. The Hall–Kier alpha value is -2.89. The number of fused-ring (bicyclic) bond motifs is 1. The lowest BCUT2D eigenvalue weighted by Gasteiger charge is -2.20. The average molecular weight is 424 g/mol. The van der Waals surface area contributed by atoms with Gasteiger partial charge >= 0.3 is 5.97 Å². The molecule has 0 N–H and O–H groups in total. The molecule has 0 bridgehead atoms. The van der Waals surface area contributed by atoms with Crippen LogP contribution >= 0.6 is 0 Å². The third kappa shape index (κ3) is 5.24. The number of methoxy groups -OCH3 is 1. The zero-order chi connectivity index (χ0) is 22.5. The van der Waals surface area contributed by atoms with Gasteiger partial charge in [-0.1, -0.05) is 37.3 Å². The standard InChI is InChI=1S/C25H33N3O3/c1-7-31-24(29)15-21(19-11-9-17(4)18(12-19)10-8-16(2)3)20-13-22-25(23(14-20)30-6)28(5)27-26-22/h9,11-14,16,21H,7-8,10,15H2,1-6H3. The van der Waals surface area contributed by atoms with Gasteiger partial charge in [0.2, 0.25) is 0 Å². The lowest BCUT2D eigenvalue weighted by Crippen LogP contribution is -2.12. The number of esters is 1. The van der Waals surface area contributed by atoms with Crippen molar-refractivity contribution in [2.75, 3.05) is 13.7 Å². The molecule has 3 rings (SSSR count). The van der Waals surface area contributed by atoms with Crippen molar-refractivity contribution in [1.29, 1.82) is 0 Å². The molecule has 0 fully saturated rings. The zero-order valence-corrected chi connectivity index (χ0v) is 19.4. The van der Waals surface area contributed by atoms with Crippen molar-refractivity contribution in [3.05, 3.63) is 52.6 Å². The molecule has 0 aliphatic rings. The first kappa shape index (κ1) is 22.8. The summed E-state index contributed by atoms with van der Waals surface area (Å²) in [7, 11) is 3.48. The summed E-state index contributed by atoms with van der Waals surface area (Å²) in [5, 5.41) is 8.41. The Balaban J connectivity index is 2.08. The van der Waals surface area contributed by atoms with E-state index in [-0.39, 0.29) is 18.3 Å². The Labute approximate surface area is 184 Å². The van der Waals surface area contributed by atoms with Crippen molar-refractivity contribution >= 4 is 17.0 Å². The maximum Gasteiger partial charge on any atom is 0.306 e. The highest BCUT2D eigenvalue weighted by Gasteiger charge is 2.23. The number of carbonyl (C=O) groups excluding carboxylic acids is 1. The highest BCUT2D eigenvalue weighted by atomic mass is 16.5. The van der Waals surface area contributed by atoms with Gasteiger partial charge in [0, 0.05) is 13.0 Å². The third-order valence-corrected chi connectivity index (χ3v) is 5.75. The molecule has 0 saturated carbocycles. The van der Waals surface area contributed by atoms with Crippen molar-refractivity contribution in [3.8, 4) is 5.75 Å². The number of hydrogen-bond donors (Lipinski definition) is 0. The molecule has 6 nitrogen and oxygen atoms in total. The molecule has 0 saturated heterocycles. The molecule has 1 atom stereocenters. The van der Waals surface area contributed by atoms with Gasteiger partial charge in [-0.25, -0.2) is 4.68 Å². The van der Waals surface area contributed by atoms with Crippen molar-refractivity contribution in [2.24, 2.45) is 13.0 Å². The summed E-state index contributed by atoms with van der Waals surface area (Å²) in [6.45, 7) is 8.83. The first-order valence-electron chi connectivity index (χ1n) is 11.0. The lowest BCUT2D eigenvalue weighted by atomic mass is 9.85. The van der Waals surface area contributed by atoms with E-state index in [0.717, 1.165) is 35.0 Å². The second-order valence-electron chi connectivity index (χ2n) is 8.48. The predicted molar refractivity (Wildman–Crippen MR) is 122 cm³/mol. The summed E-state index contributed by atoms with van der Waals surface area (Å²) in [6, 6.07) is 10.5. The van der Waals surface area contributed by atoms with Crippen LogP contribution in [0.25, 0.3) is 11.0 Å². The monoisotopic (exact) mass is 423 g/mol. The van der Waals surface area contributed by atoms with Gasteiger partial charge in [0.25, 0.3) is 0 Å². The van der Waals surface area contributed by atoms with Gasteiger partial charge in [-0.2, -0.15) is 0 Å². The minimum absolute atomic E-state index is 0.155. The molecule has 0 radical (unpaired) electrons.